The summed E-state index contributed by atoms with van der Waals surface area (Å²) in [6.07, 6.45) is 3.29. The van der Waals surface area contributed by atoms with Gasteiger partial charge in [-0.15, -0.1) is 0 Å². The molecular formula is C13H14N4O. The molecule has 0 radical (unpaired) electrons. The molecule has 2 heterocycles. The summed E-state index contributed by atoms with van der Waals surface area (Å²) in [5.74, 6) is 0.887. The number of aryl methyl sites for hydroxylation is 1. The van der Waals surface area contributed by atoms with Crippen molar-refractivity contribution < 1.29 is 4.42 Å². The topological polar surface area (TPSA) is 58.0 Å². The highest BCUT2D eigenvalue weighted by molar-refractivity contribution is 5.96. The van der Waals surface area contributed by atoms with E-state index < -0.39 is 0 Å². The molecule has 0 saturated heterocycles. The Hall–Kier alpha value is -2.30. The third-order valence-electron chi connectivity index (χ3n) is 2.94. The second kappa shape index (κ2) is 3.87. The standard InChI is InChI=1S/C13H14N4O/c1-8-14-6-10(16-8)9-4-5-11(17(2)3)13-12(9)15-7-18-13/h4-7H,1-3H3,(H,14,16). The van der Waals surface area contributed by atoms with Crippen LogP contribution in [0.2, 0.25) is 0 Å². The van der Waals surface area contributed by atoms with Gasteiger partial charge >= 0.3 is 0 Å². The van der Waals surface area contributed by atoms with E-state index in [1.54, 1.807) is 0 Å². The molecule has 1 aromatic carbocycles. The van der Waals surface area contributed by atoms with Crippen LogP contribution in [0.5, 0.6) is 0 Å². The number of H-pyrrole nitrogens is 1. The van der Waals surface area contributed by atoms with Gasteiger partial charge in [0.15, 0.2) is 12.0 Å². The summed E-state index contributed by atoms with van der Waals surface area (Å²) in [5, 5.41) is 0. The molecule has 5 heteroatoms. The van der Waals surface area contributed by atoms with Crippen LogP contribution in [0.1, 0.15) is 5.82 Å². The molecular weight excluding hydrogens is 228 g/mol. The van der Waals surface area contributed by atoms with Crippen LogP contribution >= 0.6 is 0 Å². The fourth-order valence-corrected chi connectivity index (χ4v) is 2.06. The van der Waals surface area contributed by atoms with Gasteiger partial charge in [0.2, 0.25) is 0 Å². The van der Waals surface area contributed by atoms with Gasteiger partial charge < -0.3 is 14.3 Å². The number of rotatable bonds is 2. The van der Waals surface area contributed by atoms with Crippen molar-refractivity contribution in [2.24, 2.45) is 0 Å². The quantitative estimate of drug-likeness (QED) is 0.750. The van der Waals surface area contributed by atoms with Crippen LogP contribution in [0.15, 0.2) is 29.1 Å². The van der Waals surface area contributed by atoms with E-state index in [-0.39, 0.29) is 0 Å². The van der Waals surface area contributed by atoms with E-state index in [1.165, 1.54) is 6.39 Å². The van der Waals surface area contributed by atoms with Gasteiger partial charge in [0, 0.05) is 19.7 Å². The van der Waals surface area contributed by atoms with Gasteiger partial charge in [-0.05, 0) is 19.1 Å². The number of hydrogen-bond acceptors (Lipinski definition) is 4. The van der Waals surface area contributed by atoms with Crippen LogP contribution in [0.3, 0.4) is 0 Å². The molecule has 1 N–H and O–H groups in total. The molecule has 92 valence electrons. The highest BCUT2D eigenvalue weighted by atomic mass is 16.3. The summed E-state index contributed by atoms with van der Waals surface area (Å²) < 4.78 is 5.49. The molecule has 0 saturated carbocycles. The minimum absolute atomic E-state index is 0.796. The van der Waals surface area contributed by atoms with Gasteiger partial charge in [-0.1, -0.05) is 0 Å². The lowest BCUT2D eigenvalue weighted by Gasteiger charge is -2.13. The van der Waals surface area contributed by atoms with E-state index in [0.29, 0.717) is 0 Å². The molecule has 0 spiro atoms. The third kappa shape index (κ3) is 1.55. The minimum atomic E-state index is 0.796. The summed E-state index contributed by atoms with van der Waals surface area (Å²) in [6, 6.07) is 4.06. The monoisotopic (exact) mass is 242 g/mol. The Labute approximate surface area is 104 Å². The molecule has 0 amide bonds. The zero-order valence-electron chi connectivity index (χ0n) is 10.6. The van der Waals surface area contributed by atoms with Crippen molar-refractivity contribution in [1.29, 1.82) is 0 Å². The Morgan fingerprint density at radius 1 is 1.22 bits per heavy atom. The summed E-state index contributed by atoms with van der Waals surface area (Å²) in [7, 11) is 3.97. The molecule has 0 aliphatic rings. The van der Waals surface area contributed by atoms with Crippen LogP contribution in [-0.4, -0.2) is 29.0 Å². The van der Waals surface area contributed by atoms with Crippen LogP contribution in [0, 0.1) is 6.92 Å². The number of hydrogen-bond donors (Lipinski definition) is 1. The van der Waals surface area contributed by atoms with Crippen molar-refractivity contribution in [3.63, 3.8) is 0 Å². The molecule has 5 nitrogen and oxygen atoms in total. The number of fused-ring (bicyclic) bond motifs is 1. The average molecular weight is 242 g/mol. The highest BCUT2D eigenvalue weighted by Gasteiger charge is 2.14. The van der Waals surface area contributed by atoms with Gasteiger partial charge in [0.05, 0.1) is 17.6 Å². The number of imidazole rings is 1. The maximum atomic E-state index is 5.49. The van der Waals surface area contributed by atoms with E-state index >= 15 is 0 Å². The first-order valence-electron chi connectivity index (χ1n) is 5.72. The fraction of sp³-hybridized carbons (Fsp3) is 0.231. The molecule has 0 bridgehead atoms. The number of benzene rings is 1. The number of anilines is 1. The summed E-state index contributed by atoms with van der Waals surface area (Å²) in [5.41, 5.74) is 4.62. The molecule has 0 fully saturated rings. The Bertz CT molecular complexity index is 696. The lowest BCUT2D eigenvalue weighted by Crippen LogP contribution is -2.08. The first kappa shape index (κ1) is 10.8. The number of aromatic nitrogens is 3. The van der Waals surface area contributed by atoms with Gasteiger partial charge in [-0.2, -0.15) is 0 Å². The molecule has 3 aromatic rings. The summed E-state index contributed by atoms with van der Waals surface area (Å²) in [6.45, 7) is 1.93. The van der Waals surface area contributed by atoms with Crippen LogP contribution < -0.4 is 4.90 Å². The SMILES string of the molecule is Cc1ncc(-c2ccc(N(C)C)c3ocnc23)[nH]1. The molecule has 0 atom stereocenters. The molecule has 3 rings (SSSR count). The lowest BCUT2D eigenvalue weighted by atomic mass is 10.1. The van der Waals surface area contributed by atoms with E-state index in [0.717, 1.165) is 33.9 Å². The number of aromatic amines is 1. The Morgan fingerprint density at radius 3 is 2.72 bits per heavy atom. The van der Waals surface area contributed by atoms with E-state index in [2.05, 4.69) is 15.0 Å². The first-order valence-corrected chi connectivity index (χ1v) is 5.72. The Morgan fingerprint density at radius 2 is 2.06 bits per heavy atom. The Balaban J connectivity index is 2.26. The summed E-state index contributed by atoms with van der Waals surface area (Å²) in [4.78, 5) is 13.7. The van der Waals surface area contributed by atoms with Crippen molar-refractivity contribution >= 4 is 16.8 Å². The first-order chi connectivity index (χ1) is 8.66. The van der Waals surface area contributed by atoms with E-state index in [4.69, 9.17) is 4.42 Å². The predicted molar refractivity (Wildman–Crippen MR) is 70.7 cm³/mol. The third-order valence-corrected chi connectivity index (χ3v) is 2.94. The second-order valence-electron chi connectivity index (χ2n) is 4.44. The van der Waals surface area contributed by atoms with Crippen molar-refractivity contribution in [2.45, 2.75) is 6.92 Å². The normalized spacial score (nSPS) is 11.1. The molecule has 18 heavy (non-hydrogen) atoms. The van der Waals surface area contributed by atoms with Crippen LogP contribution in [0.25, 0.3) is 22.4 Å². The predicted octanol–water partition coefficient (Wildman–Crippen LogP) is 2.59. The molecule has 2 aromatic heterocycles. The average Bonchev–Trinajstić information content (AvgIpc) is 2.95. The zero-order valence-corrected chi connectivity index (χ0v) is 10.6. The number of nitrogens with zero attached hydrogens (tertiary/aromatic N) is 3. The van der Waals surface area contributed by atoms with Crippen molar-refractivity contribution in [2.75, 3.05) is 19.0 Å². The zero-order chi connectivity index (χ0) is 12.7. The minimum Gasteiger partial charge on any atom is -0.441 e. The fourth-order valence-electron chi connectivity index (χ4n) is 2.06. The molecule has 0 aliphatic heterocycles. The number of oxazole rings is 1. The molecule has 0 unspecified atom stereocenters. The van der Waals surface area contributed by atoms with Gasteiger partial charge in [-0.25, -0.2) is 9.97 Å². The van der Waals surface area contributed by atoms with Crippen LogP contribution in [0.4, 0.5) is 5.69 Å². The number of nitrogens with one attached hydrogen (secondary N) is 1. The largest absolute Gasteiger partial charge is 0.441 e. The van der Waals surface area contributed by atoms with Gasteiger partial charge in [-0.3, -0.25) is 0 Å². The van der Waals surface area contributed by atoms with Gasteiger partial charge in [0.1, 0.15) is 11.3 Å². The maximum absolute atomic E-state index is 5.49. The lowest BCUT2D eigenvalue weighted by molar-refractivity contribution is 0.602. The highest BCUT2D eigenvalue weighted by Crippen LogP contribution is 2.32. The van der Waals surface area contributed by atoms with Crippen molar-refractivity contribution in [3.05, 3.63) is 30.5 Å². The summed E-state index contributed by atoms with van der Waals surface area (Å²) >= 11 is 0. The van der Waals surface area contributed by atoms with Crippen molar-refractivity contribution in [1.82, 2.24) is 15.0 Å². The second-order valence-corrected chi connectivity index (χ2v) is 4.44. The van der Waals surface area contributed by atoms with Crippen molar-refractivity contribution in [3.8, 4) is 11.3 Å². The van der Waals surface area contributed by atoms with E-state index in [9.17, 15) is 0 Å². The Kier molecular flexibility index (Phi) is 2.33. The smallest absolute Gasteiger partial charge is 0.182 e. The van der Waals surface area contributed by atoms with Gasteiger partial charge in [0.25, 0.3) is 0 Å². The maximum Gasteiger partial charge on any atom is 0.182 e. The van der Waals surface area contributed by atoms with Crippen LogP contribution in [-0.2, 0) is 0 Å². The molecule has 0 aliphatic carbocycles. The van der Waals surface area contributed by atoms with E-state index in [1.807, 2.05) is 44.2 Å².